The van der Waals surface area contributed by atoms with Gasteiger partial charge in [-0.15, -0.1) is 6.42 Å². The molecule has 4 heteroatoms. The van der Waals surface area contributed by atoms with Crippen molar-refractivity contribution < 1.29 is 14.3 Å². The van der Waals surface area contributed by atoms with Crippen LogP contribution in [0.25, 0.3) is 0 Å². The minimum atomic E-state index is -0.0787. The van der Waals surface area contributed by atoms with Crippen molar-refractivity contribution in [3.63, 3.8) is 0 Å². The average Bonchev–Trinajstić information content (AvgIpc) is 2.57. The van der Waals surface area contributed by atoms with E-state index in [0.29, 0.717) is 23.0 Å². The van der Waals surface area contributed by atoms with Gasteiger partial charge in [0.2, 0.25) is 0 Å². The number of carbonyl (C=O) groups is 1. The standard InChI is InChI=1S/C19H25NO3/c1-4-10-23-17-9-8-16(12-18(17)22-3)19(21)20-13-15-7-5-6-14(2)11-15/h1,8-9,12,14-15H,5-7,10-11,13H2,2-3H3,(H,20,21). The first-order valence-electron chi connectivity index (χ1n) is 8.16. The molecule has 2 atom stereocenters. The summed E-state index contributed by atoms with van der Waals surface area (Å²) in [6.45, 7) is 3.19. The van der Waals surface area contributed by atoms with Gasteiger partial charge in [-0.25, -0.2) is 0 Å². The summed E-state index contributed by atoms with van der Waals surface area (Å²) < 4.78 is 10.7. The van der Waals surface area contributed by atoms with Crippen molar-refractivity contribution >= 4 is 5.91 Å². The van der Waals surface area contributed by atoms with Crippen LogP contribution in [-0.4, -0.2) is 26.2 Å². The maximum absolute atomic E-state index is 12.3. The summed E-state index contributed by atoms with van der Waals surface area (Å²) in [7, 11) is 1.54. The molecule has 1 aromatic rings. The molecule has 0 bridgehead atoms. The SMILES string of the molecule is C#CCOc1ccc(C(=O)NCC2CCCC(C)C2)cc1OC. The van der Waals surface area contributed by atoms with Crippen molar-refractivity contribution in [2.45, 2.75) is 32.6 Å². The van der Waals surface area contributed by atoms with Crippen LogP contribution < -0.4 is 14.8 Å². The molecule has 2 unspecified atom stereocenters. The summed E-state index contributed by atoms with van der Waals surface area (Å²) in [5.41, 5.74) is 0.568. The van der Waals surface area contributed by atoms with Crippen LogP contribution in [0.1, 0.15) is 43.0 Å². The number of benzene rings is 1. The molecule has 4 nitrogen and oxygen atoms in total. The third-order valence-electron chi connectivity index (χ3n) is 4.33. The Hall–Kier alpha value is -2.15. The van der Waals surface area contributed by atoms with Crippen molar-refractivity contribution in [2.75, 3.05) is 20.3 Å². The topological polar surface area (TPSA) is 47.6 Å². The van der Waals surface area contributed by atoms with Gasteiger partial charge in [-0.2, -0.15) is 0 Å². The predicted molar refractivity (Wildman–Crippen MR) is 90.8 cm³/mol. The van der Waals surface area contributed by atoms with E-state index in [2.05, 4.69) is 18.2 Å². The number of nitrogens with one attached hydrogen (secondary N) is 1. The first-order chi connectivity index (χ1) is 11.1. The monoisotopic (exact) mass is 315 g/mol. The van der Waals surface area contributed by atoms with Crippen molar-refractivity contribution in [2.24, 2.45) is 11.8 Å². The third-order valence-corrected chi connectivity index (χ3v) is 4.33. The van der Waals surface area contributed by atoms with E-state index in [1.54, 1.807) is 25.3 Å². The Morgan fingerprint density at radius 1 is 1.39 bits per heavy atom. The fourth-order valence-electron chi connectivity index (χ4n) is 3.13. The molecule has 1 N–H and O–H groups in total. The van der Waals surface area contributed by atoms with Crippen LogP contribution >= 0.6 is 0 Å². The Morgan fingerprint density at radius 3 is 2.91 bits per heavy atom. The highest BCUT2D eigenvalue weighted by Gasteiger charge is 2.20. The Bertz CT molecular complexity index is 576. The highest BCUT2D eigenvalue weighted by molar-refractivity contribution is 5.94. The van der Waals surface area contributed by atoms with Crippen LogP contribution in [0.3, 0.4) is 0 Å². The van der Waals surface area contributed by atoms with E-state index in [4.69, 9.17) is 15.9 Å². The molecule has 1 fully saturated rings. The first kappa shape index (κ1) is 17.2. The maximum Gasteiger partial charge on any atom is 0.251 e. The summed E-state index contributed by atoms with van der Waals surface area (Å²) in [6.07, 6.45) is 10.2. The predicted octanol–water partition coefficient (Wildman–Crippen LogP) is 3.26. The van der Waals surface area contributed by atoms with Crippen molar-refractivity contribution in [3.05, 3.63) is 23.8 Å². The number of rotatable bonds is 6. The first-order valence-corrected chi connectivity index (χ1v) is 8.16. The second-order valence-corrected chi connectivity index (χ2v) is 6.21. The van der Waals surface area contributed by atoms with E-state index < -0.39 is 0 Å². The van der Waals surface area contributed by atoms with Crippen molar-refractivity contribution in [3.8, 4) is 23.8 Å². The number of ether oxygens (including phenoxy) is 2. The van der Waals surface area contributed by atoms with Crippen LogP contribution in [0.2, 0.25) is 0 Å². The Morgan fingerprint density at radius 2 is 2.22 bits per heavy atom. The summed E-state index contributed by atoms with van der Waals surface area (Å²) in [6, 6.07) is 5.13. The molecule has 2 rings (SSSR count). The summed E-state index contributed by atoms with van der Waals surface area (Å²) in [4.78, 5) is 12.3. The molecule has 0 aliphatic heterocycles. The van der Waals surface area contributed by atoms with E-state index >= 15 is 0 Å². The smallest absolute Gasteiger partial charge is 0.251 e. The normalized spacial score (nSPS) is 20.4. The highest BCUT2D eigenvalue weighted by Crippen LogP contribution is 2.29. The third kappa shape index (κ3) is 4.92. The Labute approximate surface area is 138 Å². The molecule has 23 heavy (non-hydrogen) atoms. The molecule has 124 valence electrons. The number of methoxy groups -OCH3 is 1. The lowest BCUT2D eigenvalue weighted by atomic mass is 9.82. The summed E-state index contributed by atoms with van der Waals surface area (Å²) in [5.74, 6) is 4.74. The van der Waals surface area contributed by atoms with Gasteiger partial charge in [-0.05, 0) is 42.9 Å². The van der Waals surface area contributed by atoms with E-state index in [0.717, 1.165) is 12.5 Å². The number of terminal acetylenes is 1. The summed E-state index contributed by atoms with van der Waals surface area (Å²) in [5, 5.41) is 3.04. The number of carbonyl (C=O) groups excluding carboxylic acids is 1. The van der Waals surface area contributed by atoms with Crippen molar-refractivity contribution in [1.82, 2.24) is 5.32 Å². The van der Waals surface area contributed by atoms with Crippen LogP contribution in [0, 0.1) is 24.2 Å². The van der Waals surface area contributed by atoms with Gasteiger partial charge in [-0.3, -0.25) is 4.79 Å². The van der Waals surface area contributed by atoms with Gasteiger partial charge in [0.15, 0.2) is 11.5 Å². The maximum atomic E-state index is 12.3. The lowest BCUT2D eigenvalue weighted by Gasteiger charge is -2.26. The van der Waals surface area contributed by atoms with Gasteiger partial charge in [0, 0.05) is 12.1 Å². The molecular weight excluding hydrogens is 290 g/mol. The zero-order valence-corrected chi connectivity index (χ0v) is 13.9. The molecule has 1 aliphatic carbocycles. The molecule has 0 radical (unpaired) electrons. The van der Waals surface area contributed by atoms with Gasteiger partial charge < -0.3 is 14.8 Å². The van der Waals surface area contributed by atoms with Crippen molar-refractivity contribution in [1.29, 1.82) is 0 Å². The van der Waals surface area contributed by atoms with Gasteiger partial charge in [0.25, 0.3) is 5.91 Å². The van der Waals surface area contributed by atoms with Crippen LogP contribution in [-0.2, 0) is 0 Å². The fourth-order valence-corrected chi connectivity index (χ4v) is 3.13. The van der Waals surface area contributed by atoms with Gasteiger partial charge in [0.1, 0.15) is 6.61 Å². The Kier molecular flexibility index (Phi) is 6.34. The molecule has 0 heterocycles. The molecule has 0 spiro atoms. The van der Waals surface area contributed by atoms with Gasteiger partial charge in [-0.1, -0.05) is 25.7 Å². The quantitative estimate of drug-likeness (QED) is 0.820. The summed E-state index contributed by atoms with van der Waals surface area (Å²) >= 11 is 0. The number of amides is 1. The van der Waals surface area contributed by atoms with Gasteiger partial charge in [0.05, 0.1) is 7.11 Å². The highest BCUT2D eigenvalue weighted by atomic mass is 16.5. The van der Waals surface area contributed by atoms with E-state index in [-0.39, 0.29) is 12.5 Å². The zero-order chi connectivity index (χ0) is 16.7. The van der Waals surface area contributed by atoms with Crippen LogP contribution in [0.4, 0.5) is 0 Å². The molecule has 1 saturated carbocycles. The molecular formula is C19H25NO3. The lowest BCUT2D eigenvalue weighted by molar-refractivity contribution is 0.0940. The fraction of sp³-hybridized carbons (Fsp3) is 0.526. The second-order valence-electron chi connectivity index (χ2n) is 6.21. The molecule has 0 saturated heterocycles. The van der Waals surface area contributed by atoms with E-state index in [9.17, 15) is 4.79 Å². The molecule has 1 aliphatic rings. The number of hydrogen-bond acceptors (Lipinski definition) is 3. The minimum absolute atomic E-state index is 0.0787. The minimum Gasteiger partial charge on any atom is -0.493 e. The van der Waals surface area contributed by atoms with E-state index in [1.807, 2.05) is 0 Å². The van der Waals surface area contributed by atoms with Gasteiger partial charge >= 0.3 is 0 Å². The van der Waals surface area contributed by atoms with Crippen LogP contribution in [0.5, 0.6) is 11.5 Å². The molecule has 1 aromatic carbocycles. The van der Waals surface area contributed by atoms with E-state index in [1.165, 1.54) is 25.7 Å². The number of hydrogen-bond donors (Lipinski definition) is 1. The molecule has 0 aromatic heterocycles. The second kappa shape index (κ2) is 8.47. The van der Waals surface area contributed by atoms with Crippen LogP contribution in [0.15, 0.2) is 18.2 Å². The largest absolute Gasteiger partial charge is 0.493 e. The lowest BCUT2D eigenvalue weighted by Crippen LogP contribution is -2.31. The Balaban J connectivity index is 1.95. The molecule has 1 amide bonds. The average molecular weight is 315 g/mol. The zero-order valence-electron chi connectivity index (χ0n) is 13.9.